The minimum Gasteiger partial charge on any atom is -0.355 e. The second-order valence-corrected chi connectivity index (χ2v) is 8.52. The maximum Gasteiger partial charge on any atom is 0.169 e. The number of aromatic nitrogens is 6. The Morgan fingerprint density at radius 1 is 0.939 bits per heavy atom. The number of rotatable bonds is 5. The Morgan fingerprint density at radius 3 is 2.67 bits per heavy atom. The van der Waals surface area contributed by atoms with Crippen LogP contribution >= 0.6 is 0 Å². The van der Waals surface area contributed by atoms with Gasteiger partial charge in [0.05, 0.1) is 18.3 Å². The third-order valence-corrected chi connectivity index (χ3v) is 5.98. The molecule has 0 aromatic carbocycles. The molecule has 9 nitrogen and oxygen atoms in total. The van der Waals surface area contributed by atoms with Crippen LogP contribution in [0.2, 0.25) is 0 Å². The second-order valence-electron chi connectivity index (χ2n) is 8.52. The minimum atomic E-state index is 0.0284. The van der Waals surface area contributed by atoms with E-state index in [1.54, 1.807) is 29.3 Å². The van der Waals surface area contributed by atoms with Crippen molar-refractivity contribution in [3.05, 3.63) is 60.3 Å². The van der Waals surface area contributed by atoms with Gasteiger partial charge in [-0.2, -0.15) is 0 Å². The van der Waals surface area contributed by atoms with E-state index in [-0.39, 0.29) is 12.2 Å². The molecule has 0 saturated carbocycles. The first-order chi connectivity index (χ1) is 16.0. The van der Waals surface area contributed by atoms with Crippen LogP contribution < -0.4 is 4.90 Å². The number of nitrogens with zero attached hydrogens (tertiary/aromatic N) is 8. The Bertz CT molecular complexity index is 1300. The molecule has 5 rings (SSSR count). The summed E-state index contributed by atoms with van der Waals surface area (Å²) in [6, 6.07) is 7.59. The van der Waals surface area contributed by atoms with Crippen LogP contribution in [0.1, 0.15) is 22.5 Å². The lowest BCUT2D eigenvalue weighted by atomic mass is 10.1. The van der Waals surface area contributed by atoms with Crippen molar-refractivity contribution in [3.63, 3.8) is 0 Å². The van der Waals surface area contributed by atoms with Crippen LogP contribution in [0.5, 0.6) is 0 Å². The average molecular weight is 443 g/mol. The number of carbonyl (C=O) groups is 1. The summed E-state index contributed by atoms with van der Waals surface area (Å²) >= 11 is 0. The highest BCUT2D eigenvalue weighted by atomic mass is 16.1. The van der Waals surface area contributed by atoms with Gasteiger partial charge in [0.2, 0.25) is 0 Å². The lowest BCUT2D eigenvalue weighted by molar-refractivity contribution is 0.0992. The van der Waals surface area contributed by atoms with Crippen molar-refractivity contribution in [3.8, 4) is 11.4 Å². The maximum atomic E-state index is 13.1. The number of carbonyl (C=O) groups excluding carboxylic acids is 1. The molecule has 1 aliphatic rings. The van der Waals surface area contributed by atoms with Crippen molar-refractivity contribution in [2.24, 2.45) is 7.05 Å². The standard InChI is InChI=1S/C24H26N8O/c1-30-6-3-7-32(9-8-30)24-12-17(4-5-25-24)23(33)13-20-10-18-11-21(22-16-31(2)29-28-22)27-15-19(18)14-26-20/h4-5,10-12,14-16H,3,6-9,13H2,1-2H3. The van der Waals surface area contributed by atoms with Crippen LogP contribution in [0.25, 0.3) is 22.2 Å². The Kier molecular flexibility index (Phi) is 5.78. The number of fused-ring (bicyclic) bond motifs is 1. The lowest BCUT2D eigenvalue weighted by Gasteiger charge is -2.21. The van der Waals surface area contributed by atoms with E-state index in [1.807, 2.05) is 31.4 Å². The van der Waals surface area contributed by atoms with Gasteiger partial charge in [0.1, 0.15) is 11.5 Å². The fraction of sp³-hybridized carbons (Fsp3) is 0.333. The SMILES string of the molecule is CN1CCCN(c2cc(C(=O)Cc3cc4cc(-c5cn(C)nn5)ncc4cn3)ccn2)CC1. The maximum absolute atomic E-state index is 13.1. The number of aryl methyl sites for hydroxylation is 1. The zero-order valence-electron chi connectivity index (χ0n) is 18.8. The molecule has 0 atom stereocenters. The average Bonchev–Trinajstić information content (AvgIpc) is 3.15. The smallest absolute Gasteiger partial charge is 0.169 e. The molecule has 1 aliphatic heterocycles. The molecule has 1 saturated heterocycles. The summed E-state index contributed by atoms with van der Waals surface area (Å²) < 4.78 is 1.64. The van der Waals surface area contributed by atoms with E-state index in [0.717, 1.165) is 60.6 Å². The highest BCUT2D eigenvalue weighted by Gasteiger charge is 2.16. The van der Waals surface area contributed by atoms with E-state index in [0.29, 0.717) is 11.3 Å². The molecular formula is C24H26N8O. The minimum absolute atomic E-state index is 0.0284. The zero-order chi connectivity index (χ0) is 22.8. The van der Waals surface area contributed by atoms with E-state index in [2.05, 4.69) is 42.1 Å². The van der Waals surface area contributed by atoms with E-state index < -0.39 is 0 Å². The molecule has 4 aromatic heterocycles. The Labute approximate surface area is 192 Å². The molecule has 0 N–H and O–H groups in total. The molecule has 1 fully saturated rings. The van der Waals surface area contributed by atoms with Gasteiger partial charge in [0.25, 0.3) is 0 Å². The Hall–Kier alpha value is -3.72. The predicted octanol–water partition coefficient (Wildman–Crippen LogP) is 2.39. The highest BCUT2D eigenvalue weighted by Crippen LogP contribution is 2.21. The number of pyridine rings is 3. The van der Waals surface area contributed by atoms with Crippen LogP contribution in [0.15, 0.2) is 49.1 Å². The second kappa shape index (κ2) is 9.03. The summed E-state index contributed by atoms with van der Waals surface area (Å²) in [6.07, 6.45) is 8.39. The molecular weight excluding hydrogens is 416 g/mol. The van der Waals surface area contributed by atoms with Gasteiger partial charge in [-0.05, 0) is 49.7 Å². The topological polar surface area (TPSA) is 92.9 Å². The first-order valence-electron chi connectivity index (χ1n) is 11.1. The molecule has 4 aromatic rings. The van der Waals surface area contributed by atoms with Crippen LogP contribution in [-0.4, -0.2) is 73.9 Å². The van der Waals surface area contributed by atoms with Crippen LogP contribution in [0.4, 0.5) is 5.82 Å². The van der Waals surface area contributed by atoms with E-state index in [1.165, 1.54) is 0 Å². The highest BCUT2D eigenvalue weighted by molar-refractivity contribution is 5.98. The molecule has 0 radical (unpaired) electrons. The molecule has 168 valence electrons. The summed E-state index contributed by atoms with van der Waals surface area (Å²) in [5, 5.41) is 9.98. The van der Waals surface area contributed by atoms with Crippen molar-refractivity contribution < 1.29 is 4.79 Å². The van der Waals surface area contributed by atoms with Gasteiger partial charge in [-0.25, -0.2) is 4.98 Å². The molecule has 33 heavy (non-hydrogen) atoms. The van der Waals surface area contributed by atoms with Gasteiger partial charge in [-0.1, -0.05) is 5.21 Å². The third-order valence-electron chi connectivity index (χ3n) is 5.98. The van der Waals surface area contributed by atoms with Gasteiger partial charge in [0, 0.05) is 61.9 Å². The van der Waals surface area contributed by atoms with Crippen molar-refractivity contribution in [2.75, 3.05) is 38.1 Å². The number of Topliss-reactive ketones (excluding diaryl/α,β-unsaturated/α-hetero) is 1. The largest absolute Gasteiger partial charge is 0.355 e. The summed E-state index contributed by atoms with van der Waals surface area (Å²) in [4.78, 5) is 31.1. The fourth-order valence-corrected chi connectivity index (χ4v) is 4.09. The van der Waals surface area contributed by atoms with Gasteiger partial charge >= 0.3 is 0 Å². The van der Waals surface area contributed by atoms with Gasteiger partial charge in [-0.15, -0.1) is 5.10 Å². The third kappa shape index (κ3) is 4.73. The van der Waals surface area contributed by atoms with E-state index in [4.69, 9.17) is 0 Å². The summed E-state index contributed by atoms with van der Waals surface area (Å²) in [5.74, 6) is 0.892. The molecule has 0 unspecified atom stereocenters. The fourth-order valence-electron chi connectivity index (χ4n) is 4.09. The molecule has 0 bridgehead atoms. The first-order valence-corrected chi connectivity index (χ1v) is 11.1. The van der Waals surface area contributed by atoms with Gasteiger partial charge in [-0.3, -0.25) is 19.4 Å². The lowest BCUT2D eigenvalue weighted by Crippen LogP contribution is -2.29. The monoisotopic (exact) mass is 442 g/mol. The zero-order valence-corrected chi connectivity index (χ0v) is 18.8. The molecule has 0 spiro atoms. The molecule has 0 amide bonds. The van der Waals surface area contributed by atoms with Crippen LogP contribution in [-0.2, 0) is 13.5 Å². The number of hydrogen-bond acceptors (Lipinski definition) is 8. The summed E-state index contributed by atoms with van der Waals surface area (Å²) in [7, 11) is 3.96. The Balaban J connectivity index is 1.35. The molecule has 5 heterocycles. The molecule has 9 heteroatoms. The predicted molar refractivity (Wildman–Crippen MR) is 126 cm³/mol. The quantitative estimate of drug-likeness (QED) is 0.435. The number of hydrogen-bond donors (Lipinski definition) is 0. The van der Waals surface area contributed by atoms with Gasteiger partial charge < -0.3 is 9.80 Å². The number of likely N-dealkylation sites (N-methyl/N-ethyl adjacent to an activating group) is 1. The van der Waals surface area contributed by atoms with Crippen LogP contribution in [0.3, 0.4) is 0 Å². The molecule has 0 aliphatic carbocycles. The van der Waals surface area contributed by atoms with Crippen molar-refractivity contribution in [2.45, 2.75) is 12.8 Å². The number of anilines is 1. The summed E-state index contributed by atoms with van der Waals surface area (Å²) in [5.41, 5.74) is 2.83. The summed E-state index contributed by atoms with van der Waals surface area (Å²) in [6.45, 7) is 3.93. The van der Waals surface area contributed by atoms with Crippen molar-refractivity contribution in [1.29, 1.82) is 0 Å². The van der Waals surface area contributed by atoms with Crippen molar-refractivity contribution >= 4 is 22.4 Å². The first kappa shape index (κ1) is 21.1. The van der Waals surface area contributed by atoms with Crippen molar-refractivity contribution in [1.82, 2.24) is 34.8 Å². The van der Waals surface area contributed by atoms with Crippen LogP contribution in [0, 0.1) is 0 Å². The van der Waals surface area contributed by atoms with E-state index >= 15 is 0 Å². The van der Waals surface area contributed by atoms with E-state index in [9.17, 15) is 4.79 Å². The number of ketones is 1. The normalized spacial score (nSPS) is 15.0. The van der Waals surface area contributed by atoms with Gasteiger partial charge in [0.15, 0.2) is 5.78 Å². The Morgan fingerprint density at radius 2 is 1.82 bits per heavy atom.